The van der Waals surface area contributed by atoms with Gasteiger partial charge in [-0.25, -0.2) is 9.69 Å². The Hall–Kier alpha value is -4.52. The number of hydrogen-bond donors (Lipinski definition) is 1. The molecule has 3 heterocycles. The molecule has 0 bridgehead atoms. The van der Waals surface area contributed by atoms with Crippen LogP contribution >= 0.6 is 39.0 Å². The van der Waals surface area contributed by atoms with Crippen LogP contribution in [0.5, 0.6) is 0 Å². The minimum Gasteiger partial charge on any atom is -0.462 e. The van der Waals surface area contributed by atoms with E-state index >= 15 is 0 Å². The Morgan fingerprint density at radius 2 is 1.62 bits per heavy atom. The normalized spacial score (nSPS) is 18.6. The number of thiazole rings is 1. The zero-order chi connectivity index (χ0) is 32.8. The molecule has 0 aliphatic carbocycles. The first-order valence-corrected chi connectivity index (χ1v) is 17.3. The molecule has 0 spiro atoms. The van der Waals surface area contributed by atoms with E-state index in [2.05, 4.69) is 21.2 Å². The molecule has 12 heteroatoms. The Labute approximate surface area is 285 Å². The highest BCUT2D eigenvalue weighted by atomic mass is 79.9. The van der Waals surface area contributed by atoms with Crippen LogP contribution in [0.15, 0.2) is 105 Å². The van der Waals surface area contributed by atoms with Gasteiger partial charge in [-0.15, -0.1) is 0 Å². The predicted octanol–water partition coefficient (Wildman–Crippen LogP) is 6.44. The summed E-state index contributed by atoms with van der Waals surface area (Å²) in [5, 5.41) is 4.57. The molecule has 236 valence electrons. The second-order valence-corrected chi connectivity index (χ2v) is 14.1. The monoisotopic (exact) mass is 727 g/mol. The molecule has 7 rings (SSSR count). The number of rotatable bonds is 7. The maximum absolute atomic E-state index is 14.1. The summed E-state index contributed by atoms with van der Waals surface area (Å²) < 4.78 is 7.31. The number of fused-ring (bicyclic) bond motifs is 3. The summed E-state index contributed by atoms with van der Waals surface area (Å²) >= 11 is 5.61. The highest BCUT2D eigenvalue weighted by molar-refractivity contribution is 9.10. The van der Waals surface area contributed by atoms with E-state index < -0.39 is 34.9 Å². The van der Waals surface area contributed by atoms with E-state index in [4.69, 9.17) is 4.74 Å². The fourth-order valence-corrected chi connectivity index (χ4v) is 9.15. The standard InChI is InChI=1S/C35H26BrN3O6S2/c1-2-45-34(43)21-10-15-25(16-11-21)39-31(41)28-27(20-7-12-23(36)13-8-20)30-33(46-29(28)32(39)42)38(35(44)47-30)18-26(40)37-24-14-9-19-5-3-4-6-22(19)17-24/h3-17,27-29H,2,18H2,1H3,(H,37,40)/t27-,28?,29?/m1/s1. The fourth-order valence-electron chi connectivity index (χ4n) is 6.11. The third-order valence-electron chi connectivity index (χ3n) is 8.25. The first-order chi connectivity index (χ1) is 22.7. The zero-order valence-electron chi connectivity index (χ0n) is 24.8. The number of amides is 3. The molecule has 0 radical (unpaired) electrons. The van der Waals surface area contributed by atoms with Gasteiger partial charge in [-0.1, -0.05) is 81.5 Å². The van der Waals surface area contributed by atoms with Gasteiger partial charge in [0.15, 0.2) is 0 Å². The smallest absolute Gasteiger partial charge is 0.338 e. The number of ether oxygens (including phenoxy) is 1. The summed E-state index contributed by atoms with van der Waals surface area (Å²) in [5.41, 5.74) is 2.03. The Balaban J connectivity index is 1.23. The lowest BCUT2D eigenvalue weighted by Crippen LogP contribution is -2.33. The summed E-state index contributed by atoms with van der Waals surface area (Å²) in [6, 6.07) is 27.0. The van der Waals surface area contributed by atoms with Crippen molar-refractivity contribution in [2.75, 3.05) is 16.8 Å². The van der Waals surface area contributed by atoms with Gasteiger partial charge in [0.25, 0.3) is 0 Å². The molecule has 2 unspecified atom stereocenters. The predicted molar refractivity (Wildman–Crippen MR) is 185 cm³/mol. The zero-order valence-corrected chi connectivity index (χ0v) is 28.1. The van der Waals surface area contributed by atoms with Crippen molar-refractivity contribution in [2.24, 2.45) is 5.92 Å². The highest BCUT2D eigenvalue weighted by Crippen LogP contribution is 2.54. The lowest BCUT2D eigenvalue weighted by atomic mass is 9.83. The summed E-state index contributed by atoms with van der Waals surface area (Å²) in [7, 11) is 0. The second-order valence-electron chi connectivity index (χ2n) is 11.1. The largest absolute Gasteiger partial charge is 0.462 e. The van der Waals surface area contributed by atoms with E-state index in [1.54, 1.807) is 19.1 Å². The van der Waals surface area contributed by atoms with Crippen LogP contribution in [0.4, 0.5) is 11.4 Å². The van der Waals surface area contributed by atoms with Gasteiger partial charge in [0.05, 0.1) is 28.8 Å². The molecule has 3 atom stereocenters. The van der Waals surface area contributed by atoms with Crippen molar-refractivity contribution in [3.8, 4) is 0 Å². The molecular weight excluding hydrogens is 702 g/mol. The van der Waals surface area contributed by atoms with E-state index in [1.807, 2.05) is 66.7 Å². The number of imide groups is 1. The molecule has 2 aliphatic heterocycles. The number of halogens is 1. The SMILES string of the molecule is CCOC(=O)c1ccc(N2C(=O)C3Sc4c(sc(=O)n4CC(=O)Nc4ccc5ccccc5c4)[C@H](c4ccc(Br)cc4)C3C2=O)cc1. The summed E-state index contributed by atoms with van der Waals surface area (Å²) in [4.78, 5) is 68.6. The third-order valence-corrected chi connectivity index (χ3v) is 11.4. The van der Waals surface area contributed by atoms with Crippen LogP contribution in [0.2, 0.25) is 0 Å². The number of carbonyl (C=O) groups is 4. The van der Waals surface area contributed by atoms with Gasteiger partial charge >= 0.3 is 10.8 Å². The van der Waals surface area contributed by atoms with Crippen LogP contribution < -0.4 is 15.1 Å². The van der Waals surface area contributed by atoms with Crippen LogP contribution in [0.3, 0.4) is 0 Å². The van der Waals surface area contributed by atoms with Crippen molar-refractivity contribution in [2.45, 2.75) is 29.7 Å². The highest BCUT2D eigenvalue weighted by Gasteiger charge is 2.56. The Bertz CT molecular complexity index is 2130. The van der Waals surface area contributed by atoms with Crippen molar-refractivity contribution >= 4 is 84.9 Å². The number of benzene rings is 4. The third kappa shape index (κ3) is 5.70. The average Bonchev–Trinajstić information content (AvgIpc) is 3.51. The van der Waals surface area contributed by atoms with Gasteiger partial charge in [0, 0.05) is 21.0 Å². The Kier molecular flexibility index (Phi) is 8.33. The molecule has 4 aromatic carbocycles. The van der Waals surface area contributed by atoms with Crippen molar-refractivity contribution in [3.05, 3.63) is 121 Å². The Morgan fingerprint density at radius 3 is 2.34 bits per heavy atom. The maximum Gasteiger partial charge on any atom is 0.338 e. The Morgan fingerprint density at radius 1 is 0.894 bits per heavy atom. The minimum absolute atomic E-state index is 0.224. The van der Waals surface area contributed by atoms with Crippen LogP contribution in [-0.2, 0) is 25.7 Å². The average molecular weight is 729 g/mol. The van der Waals surface area contributed by atoms with Crippen molar-refractivity contribution < 1.29 is 23.9 Å². The number of thioether (sulfide) groups is 1. The van der Waals surface area contributed by atoms with E-state index in [-0.39, 0.29) is 23.9 Å². The fraction of sp³-hybridized carbons (Fsp3) is 0.171. The first-order valence-electron chi connectivity index (χ1n) is 14.8. The van der Waals surface area contributed by atoms with E-state index in [0.29, 0.717) is 26.8 Å². The van der Waals surface area contributed by atoms with Gasteiger partial charge in [0.1, 0.15) is 11.8 Å². The van der Waals surface area contributed by atoms with Gasteiger partial charge in [-0.05, 0) is 71.8 Å². The molecule has 5 aromatic rings. The van der Waals surface area contributed by atoms with Crippen LogP contribution in [0.1, 0.15) is 33.6 Å². The summed E-state index contributed by atoms with van der Waals surface area (Å²) in [5.74, 6) is -3.08. The molecular formula is C35H26BrN3O6S2. The molecule has 1 saturated heterocycles. The van der Waals surface area contributed by atoms with E-state index in [9.17, 15) is 24.0 Å². The molecule has 2 aliphatic rings. The first kappa shape index (κ1) is 31.1. The quantitative estimate of drug-likeness (QED) is 0.152. The van der Waals surface area contributed by atoms with E-state index in [1.165, 1.54) is 16.7 Å². The van der Waals surface area contributed by atoms with Gasteiger partial charge < -0.3 is 10.1 Å². The number of nitrogens with zero attached hydrogens (tertiary/aromatic N) is 2. The second kappa shape index (κ2) is 12.6. The van der Waals surface area contributed by atoms with Crippen LogP contribution in [0.25, 0.3) is 10.8 Å². The van der Waals surface area contributed by atoms with Crippen molar-refractivity contribution in [1.29, 1.82) is 0 Å². The number of carbonyl (C=O) groups excluding carboxylic acids is 4. The lowest BCUT2D eigenvalue weighted by Gasteiger charge is -2.30. The molecule has 1 aromatic heterocycles. The van der Waals surface area contributed by atoms with Crippen LogP contribution in [0, 0.1) is 5.92 Å². The van der Waals surface area contributed by atoms with Gasteiger partial charge in [-0.2, -0.15) is 0 Å². The van der Waals surface area contributed by atoms with Crippen LogP contribution in [-0.4, -0.2) is 40.1 Å². The summed E-state index contributed by atoms with van der Waals surface area (Å²) in [6.45, 7) is 1.68. The van der Waals surface area contributed by atoms with E-state index in [0.717, 1.165) is 48.8 Å². The molecule has 1 N–H and O–H groups in total. The minimum atomic E-state index is -0.836. The molecule has 1 fully saturated rings. The number of anilines is 2. The summed E-state index contributed by atoms with van der Waals surface area (Å²) in [6.07, 6.45) is 0. The maximum atomic E-state index is 14.1. The van der Waals surface area contributed by atoms with Crippen molar-refractivity contribution in [1.82, 2.24) is 4.57 Å². The number of hydrogen-bond acceptors (Lipinski definition) is 8. The van der Waals surface area contributed by atoms with Crippen molar-refractivity contribution in [3.63, 3.8) is 0 Å². The molecule has 3 amide bonds. The molecule has 47 heavy (non-hydrogen) atoms. The lowest BCUT2D eigenvalue weighted by molar-refractivity contribution is -0.122. The molecule has 0 saturated carbocycles. The topological polar surface area (TPSA) is 115 Å². The van der Waals surface area contributed by atoms with Gasteiger partial charge in [0.2, 0.25) is 17.7 Å². The van der Waals surface area contributed by atoms with Gasteiger partial charge in [-0.3, -0.25) is 23.7 Å². The number of esters is 1. The molecule has 9 nitrogen and oxygen atoms in total. The number of nitrogens with one attached hydrogen (secondary N) is 1. The number of aromatic nitrogens is 1.